The number of hydrogen-bond acceptors (Lipinski definition) is 3. The Hall–Kier alpha value is -0.770. The molecule has 1 fully saturated rings. The molecule has 0 atom stereocenters. The predicted octanol–water partition coefficient (Wildman–Crippen LogP) is 2.09. The zero-order chi connectivity index (χ0) is 9.26. The molecule has 1 saturated heterocycles. The van der Waals surface area contributed by atoms with Crippen molar-refractivity contribution >= 4 is 11.6 Å². The maximum absolute atomic E-state index is 9.11. The Bertz CT molecular complexity index is 308. The van der Waals surface area contributed by atoms with E-state index in [4.69, 9.17) is 26.2 Å². The van der Waals surface area contributed by atoms with E-state index in [9.17, 15) is 0 Å². The van der Waals surface area contributed by atoms with Crippen molar-refractivity contribution < 1.29 is 14.6 Å². The maximum atomic E-state index is 9.11. The fourth-order valence-electron chi connectivity index (χ4n) is 1.25. The predicted molar refractivity (Wildman–Crippen MR) is 47.8 cm³/mol. The molecule has 0 amide bonds. The Kier molecular flexibility index (Phi) is 2.40. The average molecular weight is 201 g/mol. The smallest absolute Gasteiger partial charge is 0.185 e. The Morgan fingerprint density at radius 2 is 2.00 bits per heavy atom. The molecular formula is C9H9ClO3. The van der Waals surface area contributed by atoms with Gasteiger partial charge in [0.25, 0.3) is 0 Å². The minimum atomic E-state index is -0.381. The second-order valence-corrected chi connectivity index (χ2v) is 3.19. The van der Waals surface area contributed by atoms with Gasteiger partial charge in [-0.1, -0.05) is 11.6 Å². The molecule has 1 heterocycles. The monoisotopic (exact) mass is 200 g/mol. The molecule has 0 aromatic heterocycles. The summed E-state index contributed by atoms with van der Waals surface area (Å²) in [7, 11) is 0. The van der Waals surface area contributed by atoms with E-state index in [1.165, 1.54) is 6.07 Å². The zero-order valence-corrected chi connectivity index (χ0v) is 7.62. The Morgan fingerprint density at radius 1 is 1.31 bits per heavy atom. The summed E-state index contributed by atoms with van der Waals surface area (Å²) in [5.74, 6) is 0.145. The number of phenolic OH excluding ortho intramolecular Hbond substituents is 1. The van der Waals surface area contributed by atoms with Crippen molar-refractivity contribution in [3.8, 4) is 5.75 Å². The second kappa shape index (κ2) is 3.54. The summed E-state index contributed by atoms with van der Waals surface area (Å²) in [6, 6.07) is 4.74. The van der Waals surface area contributed by atoms with Crippen molar-refractivity contribution in [2.45, 2.75) is 6.29 Å². The van der Waals surface area contributed by atoms with Gasteiger partial charge in [0.05, 0.1) is 18.2 Å². The molecule has 0 unspecified atom stereocenters. The molecule has 0 radical (unpaired) electrons. The van der Waals surface area contributed by atoms with E-state index in [-0.39, 0.29) is 12.0 Å². The number of halogens is 1. The number of hydrogen-bond donors (Lipinski definition) is 1. The number of ether oxygens (including phenoxy) is 2. The molecular weight excluding hydrogens is 192 g/mol. The van der Waals surface area contributed by atoms with Crippen LogP contribution in [0.3, 0.4) is 0 Å². The number of phenols is 1. The Balaban J connectivity index is 2.29. The molecule has 3 nitrogen and oxygen atoms in total. The highest BCUT2D eigenvalue weighted by molar-refractivity contribution is 6.31. The molecule has 0 aliphatic carbocycles. The third-order valence-corrected chi connectivity index (χ3v) is 2.19. The van der Waals surface area contributed by atoms with Crippen molar-refractivity contribution in [1.29, 1.82) is 0 Å². The van der Waals surface area contributed by atoms with Gasteiger partial charge in [-0.05, 0) is 18.2 Å². The van der Waals surface area contributed by atoms with E-state index in [1.54, 1.807) is 12.1 Å². The molecule has 13 heavy (non-hydrogen) atoms. The molecule has 1 aromatic rings. The summed E-state index contributed by atoms with van der Waals surface area (Å²) in [6.45, 7) is 1.17. The van der Waals surface area contributed by atoms with Gasteiger partial charge in [-0.3, -0.25) is 0 Å². The summed E-state index contributed by atoms with van der Waals surface area (Å²) in [4.78, 5) is 0. The van der Waals surface area contributed by atoms with E-state index in [2.05, 4.69) is 0 Å². The lowest BCUT2D eigenvalue weighted by Crippen LogP contribution is -1.98. The molecule has 0 saturated carbocycles. The van der Waals surface area contributed by atoms with E-state index in [0.29, 0.717) is 18.2 Å². The number of rotatable bonds is 1. The van der Waals surface area contributed by atoms with Gasteiger partial charge >= 0.3 is 0 Å². The minimum Gasteiger partial charge on any atom is -0.508 e. The average Bonchev–Trinajstić information content (AvgIpc) is 2.56. The highest BCUT2D eigenvalue weighted by Crippen LogP contribution is 2.31. The lowest BCUT2D eigenvalue weighted by atomic mass is 10.2. The summed E-state index contributed by atoms with van der Waals surface area (Å²) in [6.07, 6.45) is -0.381. The summed E-state index contributed by atoms with van der Waals surface area (Å²) < 4.78 is 10.5. The first-order chi connectivity index (χ1) is 6.27. The van der Waals surface area contributed by atoms with E-state index in [1.807, 2.05) is 0 Å². The van der Waals surface area contributed by atoms with Gasteiger partial charge in [0.2, 0.25) is 0 Å². The Morgan fingerprint density at radius 3 is 2.62 bits per heavy atom. The highest BCUT2D eigenvalue weighted by Gasteiger charge is 2.20. The summed E-state index contributed by atoms with van der Waals surface area (Å²) >= 11 is 5.89. The molecule has 2 rings (SSSR count). The molecule has 0 bridgehead atoms. The maximum Gasteiger partial charge on any atom is 0.185 e. The summed E-state index contributed by atoms with van der Waals surface area (Å²) in [5.41, 5.74) is 0.761. The van der Waals surface area contributed by atoms with Crippen LogP contribution in [0, 0.1) is 0 Å². The molecule has 0 spiro atoms. The van der Waals surface area contributed by atoms with Crippen molar-refractivity contribution in [3.05, 3.63) is 28.8 Å². The molecule has 70 valence electrons. The lowest BCUT2D eigenvalue weighted by molar-refractivity contribution is -0.0440. The van der Waals surface area contributed by atoms with E-state index in [0.717, 1.165) is 5.56 Å². The fourth-order valence-corrected chi connectivity index (χ4v) is 1.51. The van der Waals surface area contributed by atoms with Crippen molar-refractivity contribution in [1.82, 2.24) is 0 Å². The van der Waals surface area contributed by atoms with Gasteiger partial charge in [-0.15, -0.1) is 0 Å². The van der Waals surface area contributed by atoms with Crippen LogP contribution in [-0.2, 0) is 9.47 Å². The van der Waals surface area contributed by atoms with Crippen LogP contribution in [-0.4, -0.2) is 18.3 Å². The van der Waals surface area contributed by atoms with Crippen LogP contribution in [0.25, 0.3) is 0 Å². The fraction of sp³-hybridized carbons (Fsp3) is 0.333. The highest BCUT2D eigenvalue weighted by atomic mass is 35.5. The van der Waals surface area contributed by atoms with Crippen LogP contribution in [0.1, 0.15) is 11.9 Å². The SMILES string of the molecule is Oc1ccc(C2OCCO2)c(Cl)c1. The van der Waals surface area contributed by atoms with Crippen LogP contribution >= 0.6 is 11.6 Å². The summed E-state index contributed by atoms with van der Waals surface area (Å²) in [5, 5.41) is 9.58. The van der Waals surface area contributed by atoms with Gasteiger partial charge in [0, 0.05) is 5.56 Å². The first-order valence-electron chi connectivity index (χ1n) is 3.99. The van der Waals surface area contributed by atoms with E-state index >= 15 is 0 Å². The topological polar surface area (TPSA) is 38.7 Å². The van der Waals surface area contributed by atoms with Crippen molar-refractivity contribution in [2.24, 2.45) is 0 Å². The van der Waals surface area contributed by atoms with Crippen molar-refractivity contribution in [3.63, 3.8) is 0 Å². The standard InChI is InChI=1S/C9H9ClO3/c10-8-5-6(11)1-2-7(8)9-12-3-4-13-9/h1-2,5,9,11H,3-4H2. The first-order valence-corrected chi connectivity index (χ1v) is 4.37. The second-order valence-electron chi connectivity index (χ2n) is 2.78. The largest absolute Gasteiger partial charge is 0.508 e. The molecule has 4 heteroatoms. The van der Waals surface area contributed by atoms with Gasteiger partial charge in [-0.25, -0.2) is 0 Å². The minimum absolute atomic E-state index is 0.145. The lowest BCUT2D eigenvalue weighted by Gasteiger charge is -2.10. The zero-order valence-electron chi connectivity index (χ0n) is 6.87. The Labute approximate surface area is 80.8 Å². The normalized spacial score (nSPS) is 17.9. The number of benzene rings is 1. The van der Waals surface area contributed by atoms with Gasteiger partial charge in [0.1, 0.15) is 5.75 Å². The van der Waals surface area contributed by atoms with Crippen LogP contribution in [0.15, 0.2) is 18.2 Å². The first kappa shape index (κ1) is 8.81. The quantitative estimate of drug-likeness (QED) is 0.755. The van der Waals surface area contributed by atoms with Crippen molar-refractivity contribution in [2.75, 3.05) is 13.2 Å². The van der Waals surface area contributed by atoms with E-state index < -0.39 is 0 Å². The van der Waals surface area contributed by atoms with Gasteiger partial charge < -0.3 is 14.6 Å². The number of aromatic hydroxyl groups is 1. The molecule has 1 aliphatic heterocycles. The van der Waals surface area contributed by atoms with Gasteiger partial charge in [-0.2, -0.15) is 0 Å². The van der Waals surface area contributed by atoms with Crippen LogP contribution in [0.2, 0.25) is 5.02 Å². The third-order valence-electron chi connectivity index (χ3n) is 1.86. The molecule has 1 aromatic carbocycles. The van der Waals surface area contributed by atoms with Crippen LogP contribution < -0.4 is 0 Å². The molecule has 1 aliphatic rings. The van der Waals surface area contributed by atoms with Gasteiger partial charge in [0.15, 0.2) is 6.29 Å². The van der Waals surface area contributed by atoms with Crippen LogP contribution in [0.4, 0.5) is 0 Å². The molecule has 1 N–H and O–H groups in total. The third kappa shape index (κ3) is 1.77. The van der Waals surface area contributed by atoms with Crippen LogP contribution in [0.5, 0.6) is 5.75 Å².